The molecule has 0 atom stereocenters. The van der Waals surface area contributed by atoms with Crippen molar-refractivity contribution < 1.29 is 29.1 Å². The minimum Gasteiger partial charge on any atom is -0.483 e. The van der Waals surface area contributed by atoms with Crippen molar-refractivity contribution >= 4 is 83.1 Å². The zero-order valence-corrected chi connectivity index (χ0v) is 39.0. The second-order valence-electron chi connectivity index (χ2n) is 15.4. The van der Waals surface area contributed by atoms with Crippen LogP contribution in [0.2, 0.25) is 0 Å². The summed E-state index contributed by atoms with van der Waals surface area (Å²) >= 11 is 3.09. The summed E-state index contributed by atoms with van der Waals surface area (Å²) in [6.45, 7) is 2.59. The van der Waals surface area contributed by atoms with Gasteiger partial charge in [-0.25, -0.2) is 19.9 Å². The summed E-state index contributed by atoms with van der Waals surface area (Å²) in [4.78, 5) is 76.2. The van der Waals surface area contributed by atoms with Gasteiger partial charge in [0.05, 0.1) is 44.5 Å². The van der Waals surface area contributed by atoms with E-state index < -0.39 is 0 Å². The number of thiazole rings is 2. The van der Waals surface area contributed by atoms with E-state index in [0.29, 0.717) is 35.3 Å². The Morgan fingerprint density at radius 3 is 1.33 bits per heavy atom. The number of carbonyl (C=O) groups excluding carboxylic acids is 4. The van der Waals surface area contributed by atoms with Crippen LogP contribution in [0.1, 0.15) is 54.3 Å². The van der Waals surface area contributed by atoms with Gasteiger partial charge in [0.15, 0.2) is 9.92 Å². The number of aromatic nitrogens is 8. The Bertz CT molecular complexity index is 3150. The number of nitrogens with zero attached hydrogens (tertiary/aromatic N) is 8. The summed E-state index contributed by atoms with van der Waals surface area (Å²) in [7, 11) is 3.23. The first-order chi connectivity index (χ1) is 33.7. The Hall–Kier alpha value is -8.49. The molecule has 0 bridgehead atoms. The van der Waals surface area contributed by atoms with Crippen LogP contribution in [0.3, 0.4) is 0 Å². The lowest BCUT2D eigenvalue weighted by atomic mass is 10.1. The minimum absolute atomic E-state index is 0.0783. The number of benzene rings is 4. The number of aryl methyl sites for hydroxylation is 2. The maximum absolute atomic E-state index is 12.6. The van der Waals surface area contributed by atoms with E-state index >= 15 is 0 Å². The van der Waals surface area contributed by atoms with Gasteiger partial charge in [-0.1, -0.05) is 46.9 Å². The standard InChI is InChI=1S/2C24H22N6O2S.CH2O2/c2*1-25-22(31)17-5-3-16(4-6-17)19-14-30-20-8-7-18(13-21(20)33-24(30)28-19)23(32)27-9-2-11-29-12-10-26-15-29;2-1-3/h2*3-8,10,12-15H,2,9,11H2,1H3,(H,25,31)(H,27,32);1H,(H,2,3). The van der Waals surface area contributed by atoms with Crippen molar-refractivity contribution in [1.29, 1.82) is 0 Å². The SMILES string of the molecule is CNC(=O)c1ccc(-c2cn3c(n2)sc2cc(C(=O)NCCCn4ccnc4)ccc23)cc1.CNC(=O)c1ccc(-c2cn3c(n2)sc2cc(C(=O)NCCCn4ccnc4)ccc23)cc1.O=CO. The fraction of sp³-hybridized carbons (Fsp3) is 0.163. The van der Waals surface area contributed by atoms with Crippen molar-refractivity contribution in [3.63, 3.8) is 0 Å². The van der Waals surface area contributed by atoms with E-state index in [0.717, 1.165) is 78.8 Å². The lowest BCUT2D eigenvalue weighted by molar-refractivity contribution is -0.122. The third-order valence-corrected chi connectivity index (χ3v) is 13.0. The van der Waals surface area contributed by atoms with Gasteiger partial charge >= 0.3 is 0 Å². The Morgan fingerprint density at radius 2 is 0.971 bits per heavy atom. The zero-order chi connectivity index (χ0) is 48.3. The maximum Gasteiger partial charge on any atom is 0.290 e. The highest BCUT2D eigenvalue weighted by atomic mass is 32.1. The predicted molar refractivity (Wildman–Crippen MR) is 266 cm³/mol. The third-order valence-electron chi connectivity index (χ3n) is 10.9. The van der Waals surface area contributed by atoms with Crippen LogP contribution in [0.5, 0.6) is 0 Å². The van der Waals surface area contributed by atoms with Gasteiger partial charge in [-0.05, 0) is 73.5 Å². The average molecular weight is 963 g/mol. The lowest BCUT2D eigenvalue weighted by Gasteiger charge is -2.06. The molecule has 4 amide bonds. The van der Waals surface area contributed by atoms with Crippen LogP contribution >= 0.6 is 22.7 Å². The van der Waals surface area contributed by atoms with Gasteiger partial charge in [-0.3, -0.25) is 32.8 Å². The van der Waals surface area contributed by atoms with Gasteiger partial charge in [-0.2, -0.15) is 0 Å². The molecule has 0 aliphatic rings. The molecule has 6 heterocycles. The van der Waals surface area contributed by atoms with Crippen LogP contribution in [0.25, 0.3) is 52.9 Å². The summed E-state index contributed by atoms with van der Waals surface area (Å²) in [5, 5.41) is 18.1. The van der Waals surface area contributed by atoms with Crippen LogP contribution in [-0.4, -0.2) is 100 Å². The molecule has 0 unspecified atom stereocenters. The number of amides is 4. The molecule has 10 rings (SSSR count). The van der Waals surface area contributed by atoms with E-state index in [-0.39, 0.29) is 30.1 Å². The first kappa shape index (κ1) is 47.0. The molecule has 10 aromatic rings. The molecule has 0 saturated carbocycles. The Labute approximate surface area is 402 Å². The van der Waals surface area contributed by atoms with Gasteiger partial charge in [0, 0.05) is 111 Å². The monoisotopic (exact) mass is 962 g/mol. The fourth-order valence-corrected chi connectivity index (χ4v) is 9.50. The molecule has 5 N–H and O–H groups in total. The highest BCUT2D eigenvalue weighted by molar-refractivity contribution is 7.24. The molecule has 0 aliphatic carbocycles. The van der Waals surface area contributed by atoms with Gasteiger partial charge in [-0.15, -0.1) is 0 Å². The van der Waals surface area contributed by atoms with Crippen LogP contribution in [0.15, 0.2) is 135 Å². The van der Waals surface area contributed by atoms with E-state index in [4.69, 9.17) is 19.9 Å². The quantitative estimate of drug-likeness (QED) is 0.0561. The van der Waals surface area contributed by atoms with Gasteiger partial charge in [0.1, 0.15) is 0 Å². The molecule has 20 heteroatoms. The first-order valence-electron chi connectivity index (χ1n) is 21.7. The van der Waals surface area contributed by atoms with Crippen LogP contribution in [-0.2, 0) is 17.9 Å². The first-order valence-corrected chi connectivity index (χ1v) is 23.3. The van der Waals surface area contributed by atoms with Crippen molar-refractivity contribution in [1.82, 2.24) is 59.1 Å². The molecule has 18 nitrogen and oxygen atoms in total. The van der Waals surface area contributed by atoms with Crippen molar-refractivity contribution in [2.24, 2.45) is 0 Å². The maximum atomic E-state index is 12.6. The average Bonchev–Trinajstić information content (AvgIpc) is 4.25. The number of fused-ring (bicyclic) bond motifs is 6. The van der Waals surface area contributed by atoms with Crippen LogP contribution < -0.4 is 21.3 Å². The van der Waals surface area contributed by atoms with E-state index in [1.807, 2.05) is 103 Å². The van der Waals surface area contributed by atoms with E-state index in [1.54, 1.807) is 86.1 Å². The largest absolute Gasteiger partial charge is 0.483 e. The summed E-state index contributed by atoms with van der Waals surface area (Å²) in [6, 6.07) is 26.2. The highest BCUT2D eigenvalue weighted by Crippen LogP contribution is 2.32. The number of imidazole rings is 4. The smallest absolute Gasteiger partial charge is 0.290 e. The summed E-state index contributed by atoms with van der Waals surface area (Å²) in [5.41, 5.74) is 8.08. The van der Waals surface area contributed by atoms with E-state index in [2.05, 4.69) is 31.2 Å². The van der Waals surface area contributed by atoms with Gasteiger partial charge < -0.3 is 35.5 Å². The van der Waals surface area contributed by atoms with Crippen molar-refractivity contribution in [2.45, 2.75) is 25.9 Å². The Morgan fingerprint density at radius 1 is 0.580 bits per heavy atom. The summed E-state index contributed by atoms with van der Waals surface area (Å²) < 4.78 is 10.1. The molecule has 6 aromatic heterocycles. The van der Waals surface area contributed by atoms with E-state index in [9.17, 15) is 19.2 Å². The van der Waals surface area contributed by atoms with Crippen molar-refractivity contribution in [3.8, 4) is 22.5 Å². The molecule has 0 fully saturated rings. The Kier molecular flexibility index (Phi) is 14.9. The molecule has 0 spiro atoms. The molecule has 0 radical (unpaired) electrons. The molecular weight excluding hydrogens is 917 g/mol. The molecular formula is C49H46N12O6S2. The molecule has 69 heavy (non-hydrogen) atoms. The molecule has 0 saturated heterocycles. The van der Waals surface area contributed by atoms with Gasteiger partial charge in [0.2, 0.25) is 0 Å². The fourth-order valence-electron chi connectivity index (χ4n) is 7.41. The van der Waals surface area contributed by atoms with Gasteiger partial charge in [0.25, 0.3) is 30.1 Å². The lowest BCUT2D eigenvalue weighted by Crippen LogP contribution is -2.25. The number of carbonyl (C=O) groups is 5. The summed E-state index contributed by atoms with van der Waals surface area (Å²) in [6.07, 6.45) is 16.5. The number of nitrogens with one attached hydrogen (secondary N) is 4. The molecule has 350 valence electrons. The number of rotatable bonds is 14. The summed E-state index contributed by atoms with van der Waals surface area (Å²) in [5.74, 6) is -0.385. The predicted octanol–water partition coefficient (Wildman–Crippen LogP) is 6.89. The minimum atomic E-state index is -0.250. The Balaban J connectivity index is 0.000000176. The second-order valence-corrected chi connectivity index (χ2v) is 17.4. The third kappa shape index (κ3) is 11.0. The van der Waals surface area contributed by atoms with Crippen LogP contribution in [0.4, 0.5) is 0 Å². The van der Waals surface area contributed by atoms with Crippen molar-refractivity contribution in [3.05, 3.63) is 157 Å². The number of hydrogen-bond donors (Lipinski definition) is 5. The molecule has 4 aromatic carbocycles. The molecule has 0 aliphatic heterocycles. The van der Waals surface area contributed by atoms with E-state index in [1.165, 1.54) is 0 Å². The topological polar surface area (TPSA) is 224 Å². The highest BCUT2D eigenvalue weighted by Gasteiger charge is 2.16. The van der Waals surface area contributed by atoms with Crippen molar-refractivity contribution in [2.75, 3.05) is 27.2 Å². The number of hydrogen-bond acceptors (Lipinski definition) is 11. The van der Waals surface area contributed by atoms with Crippen LogP contribution in [0, 0.1) is 0 Å². The zero-order valence-electron chi connectivity index (χ0n) is 37.4. The normalized spacial score (nSPS) is 10.9. The second kappa shape index (κ2) is 21.9. The number of carboxylic acid groups (broad SMARTS) is 1.